The minimum absolute atomic E-state index is 0.0175. The quantitative estimate of drug-likeness (QED) is 0.692. The average molecular weight is 290 g/mol. The zero-order chi connectivity index (χ0) is 15.6. The number of aromatic hydroxyl groups is 1. The van der Waals surface area contributed by atoms with Crippen LogP contribution in [0.2, 0.25) is 0 Å². The van der Waals surface area contributed by atoms with Crippen LogP contribution in [-0.4, -0.2) is 24.8 Å². The molecule has 1 N–H and O–H groups in total. The van der Waals surface area contributed by atoms with Gasteiger partial charge in [-0.3, -0.25) is 4.79 Å². The van der Waals surface area contributed by atoms with E-state index >= 15 is 0 Å². The molecule has 0 spiro atoms. The number of hydrogen-bond acceptors (Lipinski definition) is 5. The SMILES string of the molecule is CCOc1ccc2c(O)c(OC)c(C)c(OC(C)=O)c2c1. The third-order valence-electron chi connectivity index (χ3n) is 3.15. The van der Waals surface area contributed by atoms with Crippen LogP contribution in [0.25, 0.3) is 10.8 Å². The second-order valence-electron chi connectivity index (χ2n) is 4.57. The van der Waals surface area contributed by atoms with Gasteiger partial charge in [-0.25, -0.2) is 0 Å². The van der Waals surface area contributed by atoms with Crippen molar-refractivity contribution in [3.63, 3.8) is 0 Å². The molecule has 0 bridgehead atoms. The lowest BCUT2D eigenvalue weighted by molar-refractivity contribution is -0.131. The smallest absolute Gasteiger partial charge is 0.308 e. The van der Waals surface area contributed by atoms with Gasteiger partial charge in [-0.05, 0) is 32.0 Å². The molecule has 0 unspecified atom stereocenters. The summed E-state index contributed by atoms with van der Waals surface area (Å²) >= 11 is 0. The van der Waals surface area contributed by atoms with Gasteiger partial charge < -0.3 is 19.3 Å². The molecule has 0 aromatic heterocycles. The Morgan fingerprint density at radius 2 is 1.95 bits per heavy atom. The monoisotopic (exact) mass is 290 g/mol. The second kappa shape index (κ2) is 5.91. The Bertz CT molecular complexity index is 691. The van der Waals surface area contributed by atoms with E-state index in [0.717, 1.165) is 0 Å². The number of benzene rings is 2. The molecule has 0 aliphatic carbocycles. The zero-order valence-corrected chi connectivity index (χ0v) is 12.5. The van der Waals surface area contributed by atoms with E-state index in [1.165, 1.54) is 14.0 Å². The molecule has 0 aliphatic rings. The second-order valence-corrected chi connectivity index (χ2v) is 4.57. The number of esters is 1. The molecule has 21 heavy (non-hydrogen) atoms. The van der Waals surface area contributed by atoms with Gasteiger partial charge in [-0.1, -0.05) is 0 Å². The molecule has 5 nitrogen and oxygen atoms in total. The number of carbonyl (C=O) groups excluding carboxylic acids is 1. The maximum absolute atomic E-state index is 11.3. The molecule has 0 fully saturated rings. The van der Waals surface area contributed by atoms with Crippen LogP contribution in [-0.2, 0) is 4.79 Å². The number of phenols is 1. The molecule has 0 saturated heterocycles. The van der Waals surface area contributed by atoms with Gasteiger partial charge in [0, 0.05) is 23.3 Å². The van der Waals surface area contributed by atoms with Crippen LogP contribution < -0.4 is 14.2 Å². The van der Waals surface area contributed by atoms with Gasteiger partial charge in [0.15, 0.2) is 11.5 Å². The molecule has 0 heterocycles. The Labute approximate surface area is 123 Å². The number of ether oxygens (including phenoxy) is 3. The minimum Gasteiger partial charge on any atom is -0.504 e. The standard InChI is InChI=1S/C16H18O5/c1-5-20-11-6-7-12-13(8-11)15(21-10(3)17)9(2)16(19-4)14(12)18/h6-8,18H,5H2,1-4H3. The van der Waals surface area contributed by atoms with E-state index < -0.39 is 5.97 Å². The Morgan fingerprint density at radius 3 is 2.52 bits per heavy atom. The first kappa shape index (κ1) is 15.0. The highest BCUT2D eigenvalue weighted by Gasteiger charge is 2.20. The fourth-order valence-corrected chi connectivity index (χ4v) is 2.30. The van der Waals surface area contributed by atoms with E-state index in [1.54, 1.807) is 25.1 Å². The first-order chi connectivity index (χ1) is 9.99. The molecule has 0 aliphatic heterocycles. The van der Waals surface area contributed by atoms with Crippen LogP contribution in [0, 0.1) is 6.92 Å². The Hall–Kier alpha value is -2.43. The topological polar surface area (TPSA) is 65.0 Å². The first-order valence-electron chi connectivity index (χ1n) is 6.64. The number of hydrogen-bond donors (Lipinski definition) is 1. The largest absolute Gasteiger partial charge is 0.504 e. The van der Waals surface area contributed by atoms with E-state index in [2.05, 4.69) is 0 Å². The van der Waals surface area contributed by atoms with Crippen LogP contribution in [0.3, 0.4) is 0 Å². The number of rotatable bonds is 4. The summed E-state index contributed by atoms with van der Waals surface area (Å²) in [7, 11) is 1.46. The highest BCUT2D eigenvalue weighted by molar-refractivity contribution is 5.99. The predicted molar refractivity (Wildman–Crippen MR) is 79.4 cm³/mol. The van der Waals surface area contributed by atoms with Crippen LogP contribution in [0.5, 0.6) is 23.0 Å². The van der Waals surface area contributed by atoms with Gasteiger partial charge in [-0.2, -0.15) is 0 Å². The van der Waals surface area contributed by atoms with Crippen LogP contribution >= 0.6 is 0 Å². The lowest BCUT2D eigenvalue weighted by atomic mass is 10.0. The summed E-state index contributed by atoms with van der Waals surface area (Å²) in [6.45, 7) is 5.46. The molecular formula is C16H18O5. The third kappa shape index (κ3) is 2.72. The molecule has 0 saturated carbocycles. The predicted octanol–water partition coefficient (Wildman–Crippen LogP) is 3.19. The fourth-order valence-electron chi connectivity index (χ4n) is 2.30. The van der Waals surface area contributed by atoms with Gasteiger partial charge in [0.05, 0.1) is 13.7 Å². The van der Waals surface area contributed by atoms with Gasteiger partial charge in [0.2, 0.25) is 0 Å². The number of carbonyl (C=O) groups is 1. The molecule has 2 aromatic carbocycles. The van der Waals surface area contributed by atoms with E-state index in [4.69, 9.17) is 14.2 Å². The molecule has 2 rings (SSSR count). The van der Waals surface area contributed by atoms with Crippen molar-refractivity contribution in [2.45, 2.75) is 20.8 Å². The highest BCUT2D eigenvalue weighted by Crippen LogP contribution is 2.45. The van der Waals surface area contributed by atoms with Crippen molar-refractivity contribution in [3.05, 3.63) is 23.8 Å². The van der Waals surface area contributed by atoms with E-state index in [9.17, 15) is 9.90 Å². The number of methoxy groups -OCH3 is 1. The van der Waals surface area contributed by atoms with Crippen molar-refractivity contribution in [1.82, 2.24) is 0 Å². The lowest BCUT2D eigenvalue weighted by Gasteiger charge is -2.16. The summed E-state index contributed by atoms with van der Waals surface area (Å²) < 4.78 is 16.0. The Morgan fingerprint density at radius 1 is 1.24 bits per heavy atom. The highest BCUT2D eigenvalue weighted by atomic mass is 16.5. The van der Waals surface area contributed by atoms with Gasteiger partial charge in [0.25, 0.3) is 0 Å². The van der Waals surface area contributed by atoms with Crippen LogP contribution in [0.1, 0.15) is 19.4 Å². The molecule has 5 heteroatoms. The maximum atomic E-state index is 11.3. The van der Waals surface area contributed by atoms with Crippen molar-refractivity contribution in [2.75, 3.05) is 13.7 Å². The third-order valence-corrected chi connectivity index (χ3v) is 3.15. The molecule has 0 amide bonds. The zero-order valence-electron chi connectivity index (χ0n) is 12.5. The maximum Gasteiger partial charge on any atom is 0.308 e. The Balaban J connectivity index is 2.79. The summed E-state index contributed by atoms with van der Waals surface area (Å²) in [5, 5.41) is 11.4. The summed E-state index contributed by atoms with van der Waals surface area (Å²) in [5.74, 6) is 0.886. The van der Waals surface area contributed by atoms with Crippen molar-refractivity contribution in [1.29, 1.82) is 0 Å². The Kier molecular flexibility index (Phi) is 4.21. The van der Waals surface area contributed by atoms with E-state index in [-0.39, 0.29) is 5.75 Å². The lowest BCUT2D eigenvalue weighted by Crippen LogP contribution is -2.05. The van der Waals surface area contributed by atoms with Crippen LogP contribution in [0.15, 0.2) is 18.2 Å². The first-order valence-corrected chi connectivity index (χ1v) is 6.64. The van der Waals surface area contributed by atoms with Crippen molar-refractivity contribution >= 4 is 16.7 Å². The molecule has 0 radical (unpaired) electrons. The summed E-state index contributed by atoms with van der Waals surface area (Å²) in [6, 6.07) is 5.20. The van der Waals surface area contributed by atoms with Crippen molar-refractivity contribution < 1.29 is 24.1 Å². The normalized spacial score (nSPS) is 10.5. The summed E-state index contributed by atoms with van der Waals surface area (Å²) in [4.78, 5) is 11.3. The van der Waals surface area contributed by atoms with Gasteiger partial charge in [-0.15, -0.1) is 0 Å². The molecular weight excluding hydrogens is 272 g/mol. The summed E-state index contributed by atoms with van der Waals surface area (Å²) in [5.41, 5.74) is 0.561. The number of phenolic OH excluding ortho intramolecular Hbond substituents is 1. The minimum atomic E-state index is -0.436. The molecule has 112 valence electrons. The van der Waals surface area contributed by atoms with E-state index in [1.807, 2.05) is 6.92 Å². The molecule has 0 atom stereocenters. The van der Waals surface area contributed by atoms with Crippen molar-refractivity contribution in [2.24, 2.45) is 0 Å². The number of fused-ring (bicyclic) bond motifs is 1. The van der Waals surface area contributed by atoms with Crippen LogP contribution in [0.4, 0.5) is 0 Å². The fraction of sp³-hybridized carbons (Fsp3) is 0.312. The molecule has 2 aromatic rings. The average Bonchev–Trinajstić information content (AvgIpc) is 2.44. The van der Waals surface area contributed by atoms with Gasteiger partial charge in [0.1, 0.15) is 11.5 Å². The summed E-state index contributed by atoms with van der Waals surface area (Å²) in [6.07, 6.45) is 0. The van der Waals surface area contributed by atoms with Crippen molar-refractivity contribution in [3.8, 4) is 23.0 Å². The van der Waals surface area contributed by atoms with E-state index in [0.29, 0.717) is 40.2 Å². The van der Waals surface area contributed by atoms with Gasteiger partial charge >= 0.3 is 5.97 Å².